The number of rotatable bonds is 9. The number of carbonyl (C=O) groups is 2. The lowest BCUT2D eigenvalue weighted by Gasteiger charge is -2.29. The average Bonchev–Trinajstić information content (AvgIpc) is 2.82. The number of halogens is 1. The molecule has 1 N–H and O–H groups in total. The highest BCUT2D eigenvalue weighted by atomic mass is 19.1. The maximum atomic E-state index is 13.3. The van der Waals surface area contributed by atoms with Crippen molar-refractivity contribution in [2.75, 3.05) is 0 Å². The largest absolute Gasteiger partial charge is 0.350 e. The van der Waals surface area contributed by atoms with Crippen LogP contribution < -0.4 is 5.32 Å². The van der Waals surface area contributed by atoms with Gasteiger partial charge in [-0.05, 0) is 49.1 Å². The molecule has 0 saturated heterocycles. The Kier molecular flexibility index (Phi) is 8.14. The molecule has 0 unspecified atom stereocenters. The second-order valence-electron chi connectivity index (χ2n) is 8.01. The van der Waals surface area contributed by atoms with Crippen LogP contribution in [0, 0.1) is 12.7 Å². The molecule has 2 amide bonds. The Morgan fingerprint density at radius 2 is 1.50 bits per heavy atom. The maximum Gasteiger partial charge on any atom is 0.242 e. The van der Waals surface area contributed by atoms with Gasteiger partial charge < -0.3 is 10.2 Å². The van der Waals surface area contributed by atoms with E-state index >= 15 is 0 Å². The van der Waals surface area contributed by atoms with Crippen molar-refractivity contribution < 1.29 is 14.0 Å². The Hall–Kier alpha value is -3.47. The topological polar surface area (TPSA) is 49.4 Å². The first-order valence-electron chi connectivity index (χ1n) is 10.8. The molecule has 4 nitrogen and oxygen atoms in total. The lowest BCUT2D eigenvalue weighted by Crippen LogP contribution is -2.47. The monoisotopic (exact) mass is 432 g/mol. The van der Waals surface area contributed by atoms with E-state index in [4.69, 9.17) is 0 Å². The minimum absolute atomic E-state index is 0.115. The Morgan fingerprint density at radius 1 is 0.875 bits per heavy atom. The van der Waals surface area contributed by atoms with E-state index in [-0.39, 0.29) is 24.2 Å². The van der Waals surface area contributed by atoms with Gasteiger partial charge in [0.25, 0.3) is 0 Å². The maximum absolute atomic E-state index is 13.3. The van der Waals surface area contributed by atoms with Gasteiger partial charge in [-0.1, -0.05) is 72.3 Å². The predicted molar refractivity (Wildman–Crippen MR) is 124 cm³/mol. The van der Waals surface area contributed by atoms with Gasteiger partial charge in [-0.25, -0.2) is 4.39 Å². The van der Waals surface area contributed by atoms with Gasteiger partial charge in [-0.3, -0.25) is 9.59 Å². The van der Waals surface area contributed by atoms with Crippen molar-refractivity contribution in [3.63, 3.8) is 0 Å². The van der Waals surface area contributed by atoms with E-state index in [1.54, 1.807) is 24.0 Å². The number of amides is 2. The summed E-state index contributed by atoms with van der Waals surface area (Å²) >= 11 is 0. The van der Waals surface area contributed by atoms with E-state index < -0.39 is 6.04 Å². The van der Waals surface area contributed by atoms with Crippen LogP contribution in [0.25, 0.3) is 0 Å². The van der Waals surface area contributed by atoms with Crippen LogP contribution in [-0.2, 0) is 29.1 Å². The fraction of sp³-hybridized carbons (Fsp3) is 0.259. The number of nitrogens with zero attached hydrogens (tertiary/aromatic N) is 1. The Morgan fingerprint density at radius 3 is 2.16 bits per heavy atom. The minimum atomic E-state index is -0.659. The van der Waals surface area contributed by atoms with Crippen LogP contribution in [-0.4, -0.2) is 22.8 Å². The molecule has 166 valence electrons. The van der Waals surface area contributed by atoms with E-state index in [0.717, 1.165) is 22.3 Å². The Bertz CT molecular complexity index is 1020. The van der Waals surface area contributed by atoms with Crippen molar-refractivity contribution in [3.8, 4) is 0 Å². The second kappa shape index (κ2) is 11.2. The van der Waals surface area contributed by atoms with Gasteiger partial charge in [0, 0.05) is 19.5 Å². The summed E-state index contributed by atoms with van der Waals surface area (Å²) in [6.07, 6.45) is 0.887. The minimum Gasteiger partial charge on any atom is -0.350 e. The van der Waals surface area contributed by atoms with Crippen molar-refractivity contribution in [3.05, 3.63) is 107 Å². The molecule has 0 radical (unpaired) electrons. The Labute approximate surface area is 189 Å². The smallest absolute Gasteiger partial charge is 0.242 e. The molecule has 0 aliphatic rings. The molecule has 5 heteroatoms. The van der Waals surface area contributed by atoms with Crippen molar-refractivity contribution >= 4 is 11.8 Å². The zero-order valence-corrected chi connectivity index (χ0v) is 18.6. The van der Waals surface area contributed by atoms with Gasteiger partial charge in [0.2, 0.25) is 11.8 Å². The third kappa shape index (κ3) is 6.77. The van der Waals surface area contributed by atoms with Gasteiger partial charge in [0.05, 0.1) is 0 Å². The first-order chi connectivity index (χ1) is 15.4. The molecule has 0 heterocycles. The summed E-state index contributed by atoms with van der Waals surface area (Å²) in [5, 5.41) is 2.93. The number of hydrogen-bond donors (Lipinski definition) is 1. The molecule has 3 rings (SSSR count). The second-order valence-corrected chi connectivity index (χ2v) is 8.01. The standard InChI is InChI=1S/C27H29FN2O2/c1-20-8-10-23(11-9-20)18-29-27(32)21(2)30(19-24-12-15-25(28)16-13-24)26(31)17-14-22-6-4-3-5-7-22/h3-13,15-16,21H,14,17-19H2,1-2H3,(H,29,32)/t21-/m1/s1. The summed E-state index contributed by atoms with van der Waals surface area (Å²) < 4.78 is 13.3. The summed E-state index contributed by atoms with van der Waals surface area (Å²) in [6, 6.07) is 23.1. The molecule has 0 bridgehead atoms. The molecule has 3 aromatic carbocycles. The van der Waals surface area contributed by atoms with Crippen LogP contribution in [0.5, 0.6) is 0 Å². The summed E-state index contributed by atoms with van der Waals surface area (Å²) in [7, 11) is 0. The van der Waals surface area contributed by atoms with E-state index in [0.29, 0.717) is 19.4 Å². The molecule has 0 aliphatic carbocycles. The first kappa shape index (κ1) is 23.2. The molecule has 3 aromatic rings. The zero-order chi connectivity index (χ0) is 22.9. The summed E-state index contributed by atoms with van der Waals surface area (Å²) in [6.45, 7) is 4.38. The van der Waals surface area contributed by atoms with Crippen LogP contribution in [0.3, 0.4) is 0 Å². The van der Waals surface area contributed by atoms with Crippen molar-refractivity contribution in [2.45, 2.75) is 45.8 Å². The molecule has 0 saturated carbocycles. The van der Waals surface area contributed by atoms with E-state index in [1.807, 2.05) is 61.5 Å². The number of nitrogens with one attached hydrogen (secondary N) is 1. The summed E-state index contributed by atoms with van der Waals surface area (Å²) in [5.41, 5.74) is 4.00. The summed E-state index contributed by atoms with van der Waals surface area (Å²) in [4.78, 5) is 27.6. The molecule has 0 spiro atoms. The first-order valence-corrected chi connectivity index (χ1v) is 10.8. The molecule has 0 fully saturated rings. The molecule has 0 aromatic heterocycles. The number of benzene rings is 3. The molecule has 0 aliphatic heterocycles. The number of aryl methyl sites for hydroxylation is 2. The molecule has 32 heavy (non-hydrogen) atoms. The Balaban J connectivity index is 1.68. The highest BCUT2D eigenvalue weighted by molar-refractivity contribution is 5.87. The lowest BCUT2D eigenvalue weighted by atomic mass is 10.1. The average molecular weight is 433 g/mol. The third-order valence-corrected chi connectivity index (χ3v) is 5.49. The molecular formula is C27H29FN2O2. The zero-order valence-electron chi connectivity index (χ0n) is 18.6. The summed E-state index contributed by atoms with van der Waals surface area (Å²) in [5.74, 6) is -0.670. The lowest BCUT2D eigenvalue weighted by molar-refractivity contribution is -0.140. The van der Waals surface area contributed by atoms with Crippen LogP contribution in [0.1, 0.15) is 35.6 Å². The fourth-order valence-corrected chi connectivity index (χ4v) is 3.45. The van der Waals surface area contributed by atoms with Crippen LogP contribution in [0.4, 0.5) is 4.39 Å². The van der Waals surface area contributed by atoms with Gasteiger partial charge in [-0.2, -0.15) is 0 Å². The number of hydrogen-bond acceptors (Lipinski definition) is 2. The number of carbonyl (C=O) groups excluding carboxylic acids is 2. The van der Waals surface area contributed by atoms with Gasteiger partial charge in [0.15, 0.2) is 0 Å². The van der Waals surface area contributed by atoms with Crippen LogP contribution in [0.15, 0.2) is 78.9 Å². The van der Waals surface area contributed by atoms with Crippen molar-refractivity contribution in [2.24, 2.45) is 0 Å². The van der Waals surface area contributed by atoms with Crippen molar-refractivity contribution in [1.82, 2.24) is 10.2 Å². The van der Waals surface area contributed by atoms with E-state index in [9.17, 15) is 14.0 Å². The third-order valence-electron chi connectivity index (χ3n) is 5.49. The van der Waals surface area contributed by atoms with E-state index in [1.165, 1.54) is 12.1 Å². The van der Waals surface area contributed by atoms with Gasteiger partial charge in [-0.15, -0.1) is 0 Å². The SMILES string of the molecule is Cc1ccc(CNC(=O)[C@@H](C)N(Cc2ccc(F)cc2)C(=O)CCc2ccccc2)cc1. The van der Waals surface area contributed by atoms with Crippen LogP contribution in [0.2, 0.25) is 0 Å². The van der Waals surface area contributed by atoms with Crippen LogP contribution >= 0.6 is 0 Å². The van der Waals surface area contributed by atoms with Gasteiger partial charge >= 0.3 is 0 Å². The van der Waals surface area contributed by atoms with Crippen molar-refractivity contribution in [1.29, 1.82) is 0 Å². The predicted octanol–water partition coefficient (Wildman–Crippen LogP) is 4.80. The molecular weight excluding hydrogens is 403 g/mol. The highest BCUT2D eigenvalue weighted by Gasteiger charge is 2.25. The fourth-order valence-electron chi connectivity index (χ4n) is 3.45. The molecule has 1 atom stereocenters. The normalized spacial score (nSPS) is 11.6. The quantitative estimate of drug-likeness (QED) is 0.528. The van der Waals surface area contributed by atoms with Gasteiger partial charge in [0.1, 0.15) is 11.9 Å². The highest BCUT2D eigenvalue weighted by Crippen LogP contribution is 2.14. The van der Waals surface area contributed by atoms with E-state index in [2.05, 4.69) is 5.32 Å².